The van der Waals surface area contributed by atoms with Crippen molar-refractivity contribution in [1.29, 1.82) is 0 Å². The molecule has 0 saturated heterocycles. The van der Waals surface area contributed by atoms with E-state index in [0.29, 0.717) is 37.2 Å². The Bertz CT molecular complexity index is 720. The molecule has 0 saturated carbocycles. The number of carbonyl (C=O) groups is 2. The van der Waals surface area contributed by atoms with E-state index < -0.39 is 0 Å². The van der Waals surface area contributed by atoms with E-state index in [1.165, 1.54) is 30.6 Å². The molecule has 0 aromatic heterocycles. The standard InChI is InChI=1S/C27H43NO2S2/c1-21(2)10-7-8-19-31-32-27(5,6)17-16-25(29)11-9-18-28-26(30)24-14-12-23(13-15-24)20-22(3)4/h12-15,20-21H,7-11,16-19H2,1-6H3,(H,28,30). The van der Waals surface area contributed by atoms with Crippen LogP contribution in [-0.4, -0.2) is 28.7 Å². The topological polar surface area (TPSA) is 46.2 Å². The summed E-state index contributed by atoms with van der Waals surface area (Å²) in [6.07, 6.45) is 8.72. The average molecular weight is 478 g/mol. The molecule has 1 aromatic rings. The molecular formula is C27H43NO2S2. The van der Waals surface area contributed by atoms with Gasteiger partial charge in [-0.25, -0.2) is 0 Å². The van der Waals surface area contributed by atoms with E-state index >= 15 is 0 Å². The quantitative estimate of drug-likeness (QED) is 0.194. The smallest absolute Gasteiger partial charge is 0.251 e. The van der Waals surface area contributed by atoms with Crippen molar-refractivity contribution >= 4 is 39.4 Å². The molecule has 0 aliphatic heterocycles. The summed E-state index contributed by atoms with van der Waals surface area (Å²) >= 11 is 0. The highest BCUT2D eigenvalue weighted by Crippen LogP contribution is 2.39. The Balaban J connectivity index is 2.18. The lowest BCUT2D eigenvalue weighted by Gasteiger charge is -2.22. The largest absolute Gasteiger partial charge is 0.352 e. The molecule has 0 spiro atoms. The first-order valence-electron chi connectivity index (χ1n) is 11.9. The Morgan fingerprint density at radius 1 is 1.03 bits per heavy atom. The van der Waals surface area contributed by atoms with E-state index in [0.717, 1.165) is 17.9 Å². The molecule has 0 fully saturated rings. The third kappa shape index (κ3) is 14.1. The van der Waals surface area contributed by atoms with Crippen molar-refractivity contribution in [2.75, 3.05) is 12.3 Å². The molecule has 5 heteroatoms. The highest BCUT2D eigenvalue weighted by molar-refractivity contribution is 8.77. The lowest BCUT2D eigenvalue weighted by atomic mass is 10.0. The van der Waals surface area contributed by atoms with E-state index in [9.17, 15) is 9.59 Å². The van der Waals surface area contributed by atoms with Crippen LogP contribution in [0.5, 0.6) is 0 Å². The first-order chi connectivity index (χ1) is 15.1. The first-order valence-corrected chi connectivity index (χ1v) is 14.3. The number of benzene rings is 1. The SMILES string of the molecule is CC(C)=Cc1ccc(C(=O)NCCCC(=O)CCC(C)(C)SSCCCCC(C)C)cc1. The van der Waals surface area contributed by atoms with Gasteiger partial charge in [0.2, 0.25) is 0 Å². The second-order valence-electron chi connectivity index (χ2n) is 9.80. The van der Waals surface area contributed by atoms with Crippen LogP contribution in [0.2, 0.25) is 0 Å². The van der Waals surface area contributed by atoms with Gasteiger partial charge in [0, 0.05) is 35.4 Å². The molecule has 32 heavy (non-hydrogen) atoms. The normalized spacial score (nSPS) is 11.5. The lowest BCUT2D eigenvalue weighted by molar-refractivity contribution is -0.119. The predicted molar refractivity (Wildman–Crippen MR) is 144 cm³/mol. The Hall–Kier alpha value is -1.20. The van der Waals surface area contributed by atoms with Crippen molar-refractivity contribution in [1.82, 2.24) is 5.32 Å². The summed E-state index contributed by atoms with van der Waals surface area (Å²) in [4.78, 5) is 24.5. The minimum Gasteiger partial charge on any atom is -0.352 e. The number of unbranched alkanes of at least 4 members (excludes halogenated alkanes) is 1. The molecule has 1 amide bonds. The molecule has 0 heterocycles. The zero-order chi connectivity index (χ0) is 24.0. The van der Waals surface area contributed by atoms with Crippen molar-refractivity contribution in [3.05, 3.63) is 41.0 Å². The molecule has 3 nitrogen and oxygen atoms in total. The van der Waals surface area contributed by atoms with E-state index in [-0.39, 0.29) is 10.7 Å². The second kappa shape index (κ2) is 15.6. The van der Waals surface area contributed by atoms with Crippen LogP contribution in [0.1, 0.15) is 102 Å². The molecule has 180 valence electrons. The fourth-order valence-electron chi connectivity index (χ4n) is 3.18. The molecule has 0 unspecified atom stereocenters. The summed E-state index contributed by atoms with van der Waals surface area (Å²) in [6, 6.07) is 7.60. The van der Waals surface area contributed by atoms with Crippen LogP contribution in [0.4, 0.5) is 0 Å². The van der Waals surface area contributed by atoms with Crippen LogP contribution in [0.25, 0.3) is 6.08 Å². The minimum absolute atomic E-state index is 0.0795. The van der Waals surface area contributed by atoms with Crippen LogP contribution >= 0.6 is 21.6 Å². The van der Waals surface area contributed by atoms with Gasteiger partial charge in [-0.3, -0.25) is 9.59 Å². The number of ketones is 1. The van der Waals surface area contributed by atoms with Gasteiger partial charge >= 0.3 is 0 Å². The highest BCUT2D eigenvalue weighted by atomic mass is 33.1. The Kier molecular flexibility index (Phi) is 14.1. The summed E-state index contributed by atoms with van der Waals surface area (Å²) in [5.74, 6) is 2.19. The van der Waals surface area contributed by atoms with Gasteiger partial charge in [0.1, 0.15) is 5.78 Å². The van der Waals surface area contributed by atoms with Crippen LogP contribution in [0.3, 0.4) is 0 Å². The molecule has 1 rings (SSSR count). The van der Waals surface area contributed by atoms with Gasteiger partial charge in [-0.05, 0) is 70.6 Å². The third-order valence-corrected chi connectivity index (χ3v) is 8.53. The summed E-state index contributed by atoms with van der Waals surface area (Å²) in [5.41, 5.74) is 2.98. The van der Waals surface area contributed by atoms with Gasteiger partial charge < -0.3 is 5.32 Å². The maximum atomic E-state index is 12.3. The highest BCUT2D eigenvalue weighted by Gasteiger charge is 2.20. The van der Waals surface area contributed by atoms with Crippen molar-refractivity contribution < 1.29 is 9.59 Å². The number of carbonyl (C=O) groups excluding carboxylic acids is 2. The fraction of sp³-hybridized carbons (Fsp3) is 0.630. The van der Waals surface area contributed by atoms with Gasteiger partial charge in [-0.15, -0.1) is 0 Å². The number of Topliss-reactive ketones (excluding diaryl/α,β-unsaturated/α-hetero) is 1. The summed E-state index contributed by atoms with van der Waals surface area (Å²) in [5, 5.41) is 2.92. The van der Waals surface area contributed by atoms with E-state index in [1.807, 2.05) is 45.9 Å². The fourth-order valence-corrected chi connectivity index (χ4v) is 5.90. The molecule has 0 atom stereocenters. The first kappa shape index (κ1) is 28.8. The summed E-state index contributed by atoms with van der Waals surface area (Å²) in [6.45, 7) is 13.7. The summed E-state index contributed by atoms with van der Waals surface area (Å²) in [7, 11) is 3.86. The minimum atomic E-state index is -0.0795. The second-order valence-corrected chi connectivity index (χ2v) is 12.9. The number of rotatable bonds is 16. The number of hydrogen-bond donors (Lipinski definition) is 1. The lowest BCUT2D eigenvalue weighted by Crippen LogP contribution is -2.25. The van der Waals surface area contributed by atoms with Crippen LogP contribution in [0, 0.1) is 5.92 Å². The number of amides is 1. The maximum absolute atomic E-state index is 12.3. The molecular weight excluding hydrogens is 434 g/mol. The average Bonchev–Trinajstić information content (AvgIpc) is 2.72. The molecule has 1 aromatic carbocycles. The van der Waals surface area contributed by atoms with Gasteiger partial charge in [-0.1, -0.05) is 72.1 Å². The Morgan fingerprint density at radius 2 is 1.72 bits per heavy atom. The molecule has 0 aliphatic rings. The molecule has 0 radical (unpaired) electrons. The van der Waals surface area contributed by atoms with Gasteiger partial charge in [0.25, 0.3) is 5.91 Å². The number of nitrogens with one attached hydrogen (secondary N) is 1. The maximum Gasteiger partial charge on any atom is 0.251 e. The van der Waals surface area contributed by atoms with Crippen molar-refractivity contribution in [3.8, 4) is 0 Å². The van der Waals surface area contributed by atoms with Gasteiger partial charge in [0.05, 0.1) is 0 Å². The zero-order valence-electron chi connectivity index (χ0n) is 21.0. The van der Waals surface area contributed by atoms with E-state index in [4.69, 9.17) is 0 Å². The predicted octanol–water partition coefficient (Wildman–Crippen LogP) is 7.96. The number of allylic oxidation sites excluding steroid dienone is 1. The van der Waals surface area contributed by atoms with Crippen molar-refractivity contribution in [2.45, 2.75) is 91.2 Å². The third-order valence-electron chi connectivity index (χ3n) is 5.10. The zero-order valence-corrected chi connectivity index (χ0v) is 22.6. The van der Waals surface area contributed by atoms with Gasteiger partial charge in [0.15, 0.2) is 0 Å². The molecule has 0 bridgehead atoms. The van der Waals surface area contributed by atoms with Gasteiger partial charge in [-0.2, -0.15) is 0 Å². The van der Waals surface area contributed by atoms with Crippen LogP contribution < -0.4 is 5.32 Å². The van der Waals surface area contributed by atoms with Crippen molar-refractivity contribution in [2.24, 2.45) is 5.92 Å². The van der Waals surface area contributed by atoms with Crippen LogP contribution in [0.15, 0.2) is 29.8 Å². The monoisotopic (exact) mass is 477 g/mol. The van der Waals surface area contributed by atoms with Crippen molar-refractivity contribution in [3.63, 3.8) is 0 Å². The molecule has 1 N–H and O–H groups in total. The number of hydrogen-bond acceptors (Lipinski definition) is 4. The Labute approximate surface area is 204 Å². The Morgan fingerprint density at radius 3 is 2.34 bits per heavy atom. The van der Waals surface area contributed by atoms with E-state index in [2.05, 4.69) is 52.9 Å². The molecule has 0 aliphatic carbocycles. The van der Waals surface area contributed by atoms with Crippen LogP contribution in [-0.2, 0) is 4.79 Å². The summed E-state index contributed by atoms with van der Waals surface area (Å²) < 4.78 is 0.115. The van der Waals surface area contributed by atoms with E-state index in [1.54, 1.807) is 0 Å².